The standard InChI is InChI=1S/C17H11FN4O2.C3H6/c18-12-5-13(14-8-20-22-15(14)6-12)10-2-1-9-4-16(21-17(23)24)19-7-11(9)3-10;1-2-3-1/h1-8H,(H,19,21)(H,20,22)(H,23,24);1-3H2. The molecule has 136 valence electrons. The molecule has 7 heteroatoms. The minimum Gasteiger partial charge on any atom is -0.465 e. The zero-order valence-corrected chi connectivity index (χ0v) is 14.4. The number of nitrogens with one attached hydrogen (secondary N) is 2. The molecule has 5 rings (SSSR count). The Balaban J connectivity index is 0.000000547. The zero-order chi connectivity index (χ0) is 18.8. The number of pyridine rings is 1. The van der Waals surface area contributed by atoms with Gasteiger partial charge in [0.25, 0.3) is 0 Å². The molecule has 0 aliphatic heterocycles. The number of hydrogen-bond donors (Lipinski definition) is 3. The van der Waals surface area contributed by atoms with Crippen molar-refractivity contribution in [1.29, 1.82) is 0 Å². The van der Waals surface area contributed by atoms with Crippen LogP contribution in [0.2, 0.25) is 0 Å². The Labute approximate surface area is 154 Å². The van der Waals surface area contributed by atoms with Gasteiger partial charge in [-0.25, -0.2) is 14.2 Å². The Morgan fingerprint density at radius 1 is 1.07 bits per heavy atom. The maximum absolute atomic E-state index is 13.8. The number of nitrogens with zero attached hydrogens (tertiary/aromatic N) is 2. The Morgan fingerprint density at radius 2 is 1.89 bits per heavy atom. The molecular formula is C20H17FN4O2. The first-order valence-corrected chi connectivity index (χ1v) is 8.63. The fourth-order valence-corrected chi connectivity index (χ4v) is 2.74. The van der Waals surface area contributed by atoms with E-state index in [9.17, 15) is 9.18 Å². The van der Waals surface area contributed by atoms with E-state index in [1.54, 1.807) is 18.5 Å². The van der Waals surface area contributed by atoms with E-state index < -0.39 is 6.09 Å². The van der Waals surface area contributed by atoms with Crippen LogP contribution in [0.1, 0.15) is 19.3 Å². The molecule has 2 heterocycles. The fraction of sp³-hybridized carbons (Fsp3) is 0.150. The number of hydrogen-bond acceptors (Lipinski definition) is 3. The van der Waals surface area contributed by atoms with Crippen molar-refractivity contribution in [2.45, 2.75) is 19.3 Å². The molecule has 4 aromatic rings. The van der Waals surface area contributed by atoms with Crippen molar-refractivity contribution >= 4 is 33.6 Å². The summed E-state index contributed by atoms with van der Waals surface area (Å²) in [6, 6.07) is 10.1. The molecule has 0 radical (unpaired) electrons. The summed E-state index contributed by atoms with van der Waals surface area (Å²) in [5.74, 6) is -0.0910. The highest BCUT2D eigenvalue weighted by molar-refractivity contribution is 5.98. The van der Waals surface area contributed by atoms with E-state index in [0.717, 1.165) is 27.3 Å². The molecule has 0 bridgehead atoms. The van der Waals surface area contributed by atoms with Gasteiger partial charge in [-0.15, -0.1) is 0 Å². The lowest BCUT2D eigenvalue weighted by atomic mass is 9.99. The molecule has 0 saturated heterocycles. The summed E-state index contributed by atoms with van der Waals surface area (Å²) in [5.41, 5.74) is 2.19. The number of aromatic nitrogens is 3. The highest BCUT2D eigenvalue weighted by atomic mass is 19.1. The molecule has 1 aliphatic carbocycles. The van der Waals surface area contributed by atoms with E-state index in [1.807, 2.05) is 18.2 Å². The van der Waals surface area contributed by atoms with E-state index in [0.29, 0.717) is 5.52 Å². The summed E-state index contributed by atoms with van der Waals surface area (Å²) in [6.07, 6.45) is 6.57. The van der Waals surface area contributed by atoms with Gasteiger partial charge in [0.2, 0.25) is 0 Å². The van der Waals surface area contributed by atoms with Crippen LogP contribution >= 0.6 is 0 Å². The van der Waals surface area contributed by atoms with Crippen molar-refractivity contribution < 1.29 is 14.3 Å². The van der Waals surface area contributed by atoms with Gasteiger partial charge in [0.15, 0.2) is 0 Å². The minimum absolute atomic E-state index is 0.255. The first-order chi connectivity index (χ1) is 13.1. The summed E-state index contributed by atoms with van der Waals surface area (Å²) >= 11 is 0. The van der Waals surface area contributed by atoms with Gasteiger partial charge in [-0.2, -0.15) is 5.10 Å². The van der Waals surface area contributed by atoms with Gasteiger partial charge < -0.3 is 5.11 Å². The number of aromatic amines is 1. The second-order valence-electron chi connectivity index (χ2n) is 6.41. The van der Waals surface area contributed by atoms with E-state index >= 15 is 0 Å². The largest absolute Gasteiger partial charge is 0.465 e. The Kier molecular flexibility index (Phi) is 4.42. The number of benzene rings is 2. The number of H-pyrrole nitrogens is 1. The van der Waals surface area contributed by atoms with Crippen molar-refractivity contribution in [3.8, 4) is 11.1 Å². The Bertz CT molecular complexity index is 1130. The Morgan fingerprint density at radius 3 is 2.63 bits per heavy atom. The van der Waals surface area contributed by atoms with Gasteiger partial charge in [0.05, 0.1) is 11.7 Å². The van der Waals surface area contributed by atoms with Crippen LogP contribution in [0.3, 0.4) is 0 Å². The maximum atomic E-state index is 13.8. The van der Waals surface area contributed by atoms with Gasteiger partial charge in [0.1, 0.15) is 11.6 Å². The second kappa shape index (κ2) is 7.03. The van der Waals surface area contributed by atoms with Gasteiger partial charge in [0, 0.05) is 17.0 Å². The predicted molar refractivity (Wildman–Crippen MR) is 102 cm³/mol. The SMILES string of the molecule is C1CC1.O=C(O)Nc1cc2ccc(-c3cc(F)cc4[nH]ncc34)cc2cn1. The number of amides is 1. The fourth-order valence-electron chi connectivity index (χ4n) is 2.74. The Hall–Kier alpha value is -3.48. The van der Waals surface area contributed by atoms with E-state index in [-0.39, 0.29) is 11.6 Å². The first-order valence-electron chi connectivity index (χ1n) is 8.63. The van der Waals surface area contributed by atoms with Gasteiger partial charge in [-0.1, -0.05) is 31.4 Å². The third-order valence-corrected chi connectivity index (χ3v) is 4.14. The van der Waals surface area contributed by atoms with E-state index in [1.165, 1.54) is 31.4 Å². The molecule has 1 amide bonds. The molecule has 0 atom stereocenters. The quantitative estimate of drug-likeness (QED) is 0.457. The van der Waals surface area contributed by atoms with Crippen LogP contribution in [-0.4, -0.2) is 26.4 Å². The van der Waals surface area contributed by atoms with Crippen LogP contribution in [0, 0.1) is 5.82 Å². The molecule has 2 aromatic carbocycles. The zero-order valence-electron chi connectivity index (χ0n) is 14.4. The van der Waals surface area contributed by atoms with Gasteiger partial charge in [-0.3, -0.25) is 10.4 Å². The maximum Gasteiger partial charge on any atom is 0.410 e. The smallest absolute Gasteiger partial charge is 0.410 e. The lowest BCUT2D eigenvalue weighted by Gasteiger charge is -2.07. The van der Waals surface area contributed by atoms with Crippen LogP contribution in [0.5, 0.6) is 0 Å². The molecule has 0 spiro atoms. The highest BCUT2D eigenvalue weighted by Gasteiger charge is 2.10. The average molecular weight is 364 g/mol. The molecule has 0 unspecified atom stereocenters. The van der Waals surface area contributed by atoms with Crippen LogP contribution in [-0.2, 0) is 0 Å². The van der Waals surface area contributed by atoms with Crippen LogP contribution in [0.25, 0.3) is 32.8 Å². The summed E-state index contributed by atoms with van der Waals surface area (Å²) in [5, 5.41) is 20.2. The predicted octanol–water partition coefficient (Wildman–Crippen LogP) is 5.18. The lowest BCUT2D eigenvalue weighted by Crippen LogP contribution is -2.08. The van der Waals surface area contributed by atoms with E-state index in [2.05, 4.69) is 20.5 Å². The topological polar surface area (TPSA) is 90.9 Å². The first kappa shape index (κ1) is 17.0. The van der Waals surface area contributed by atoms with Crippen molar-refractivity contribution in [2.24, 2.45) is 0 Å². The third kappa shape index (κ3) is 3.87. The average Bonchev–Trinajstić information content (AvgIpc) is 3.45. The number of carbonyl (C=O) groups is 1. The number of carboxylic acid groups (broad SMARTS) is 1. The van der Waals surface area contributed by atoms with Crippen LogP contribution < -0.4 is 5.32 Å². The molecule has 1 saturated carbocycles. The number of fused-ring (bicyclic) bond motifs is 2. The van der Waals surface area contributed by atoms with Crippen molar-refractivity contribution in [3.63, 3.8) is 0 Å². The lowest BCUT2D eigenvalue weighted by molar-refractivity contribution is 0.209. The number of rotatable bonds is 2. The normalized spacial score (nSPS) is 12.5. The van der Waals surface area contributed by atoms with Crippen molar-refractivity contribution in [3.05, 3.63) is 54.6 Å². The summed E-state index contributed by atoms with van der Waals surface area (Å²) in [6.45, 7) is 0. The molecule has 2 aromatic heterocycles. The molecule has 1 aliphatic rings. The van der Waals surface area contributed by atoms with Crippen molar-refractivity contribution in [1.82, 2.24) is 15.2 Å². The highest BCUT2D eigenvalue weighted by Crippen LogP contribution is 2.31. The third-order valence-electron chi connectivity index (χ3n) is 4.14. The van der Waals surface area contributed by atoms with Crippen molar-refractivity contribution in [2.75, 3.05) is 5.32 Å². The van der Waals surface area contributed by atoms with Crippen LogP contribution in [0.15, 0.2) is 48.8 Å². The van der Waals surface area contributed by atoms with Crippen LogP contribution in [0.4, 0.5) is 15.0 Å². The van der Waals surface area contributed by atoms with Gasteiger partial charge >= 0.3 is 6.09 Å². The summed E-state index contributed by atoms with van der Waals surface area (Å²) < 4.78 is 13.8. The summed E-state index contributed by atoms with van der Waals surface area (Å²) in [7, 11) is 0. The van der Waals surface area contributed by atoms with Gasteiger partial charge in [-0.05, 0) is 40.8 Å². The molecule has 27 heavy (non-hydrogen) atoms. The summed E-state index contributed by atoms with van der Waals surface area (Å²) in [4.78, 5) is 14.7. The molecule has 1 fully saturated rings. The second-order valence-corrected chi connectivity index (χ2v) is 6.41. The molecule has 6 nitrogen and oxygen atoms in total. The molecular weight excluding hydrogens is 347 g/mol. The molecule has 3 N–H and O–H groups in total. The van der Waals surface area contributed by atoms with E-state index in [4.69, 9.17) is 5.11 Å². The monoisotopic (exact) mass is 364 g/mol. The minimum atomic E-state index is -1.17. The number of halogens is 1. The number of anilines is 1.